The monoisotopic (exact) mass is 985 g/mol. The van der Waals surface area contributed by atoms with Crippen molar-refractivity contribution >= 4 is 66.3 Å². The Bertz CT molecular complexity index is 4320. The van der Waals surface area contributed by atoms with Crippen LogP contribution in [-0.2, 0) is 0 Å². The minimum absolute atomic E-state index is 0.248. The number of aromatic nitrogens is 1. The van der Waals surface area contributed by atoms with Gasteiger partial charge in [0.15, 0.2) is 0 Å². The molecule has 0 N–H and O–H groups in total. The van der Waals surface area contributed by atoms with Crippen molar-refractivity contribution < 1.29 is 0 Å². The van der Waals surface area contributed by atoms with E-state index in [9.17, 15) is 0 Å². The molecule has 2 heteroatoms. The minimum atomic E-state index is 0.248. The van der Waals surface area contributed by atoms with E-state index < -0.39 is 0 Å². The molecule has 1 nitrogen and oxygen atoms in total. The fourth-order valence-electron chi connectivity index (χ4n) is 12.5. The summed E-state index contributed by atoms with van der Waals surface area (Å²) in [5, 5.41) is 7.88. The molecule has 0 spiro atoms. The molecule has 0 saturated carbocycles. The van der Waals surface area contributed by atoms with Crippen molar-refractivity contribution in [2.45, 2.75) is 28.9 Å². The number of hydrogen-bond donors (Lipinski definition) is 0. The van der Waals surface area contributed by atoms with Crippen molar-refractivity contribution in [3.05, 3.63) is 290 Å². The molecule has 0 bridgehead atoms. The van der Waals surface area contributed by atoms with Gasteiger partial charge in [-0.3, -0.25) is 0 Å². The zero-order valence-electron chi connectivity index (χ0n) is 41.9. The van der Waals surface area contributed by atoms with E-state index in [2.05, 4.69) is 278 Å². The summed E-state index contributed by atoms with van der Waals surface area (Å²) in [6.07, 6.45) is 16.5. The summed E-state index contributed by atoms with van der Waals surface area (Å²) < 4.78 is 2.46. The highest BCUT2D eigenvalue weighted by Crippen LogP contribution is 2.55. The molecule has 0 fully saturated rings. The fourth-order valence-corrected chi connectivity index (χ4v) is 13.9. The molecular weight excluding hydrogens is 935 g/mol. The molecule has 2 atom stereocenters. The van der Waals surface area contributed by atoms with Gasteiger partial charge in [0.2, 0.25) is 0 Å². The van der Waals surface area contributed by atoms with E-state index in [1.54, 1.807) is 0 Å². The first kappa shape index (κ1) is 44.5. The Hall–Kier alpha value is -8.95. The number of allylic oxidation sites excluding steroid dienone is 7. The number of nitrogens with zero attached hydrogens (tertiary/aromatic N) is 1. The first-order chi connectivity index (χ1) is 37.7. The van der Waals surface area contributed by atoms with Gasteiger partial charge in [-0.25, -0.2) is 0 Å². The van der Waals surface area contributed by atoms with Crippen LogP contribution in [0, 0.1) is 0 Å². The fraction of sp³-hybridized carbons (Fsp3) is 0.0541. The molecule has 0 saturated heterocycles. The summed E-state index contributed by atoms with van der Waals surface area (Å²) in [5.74, 6) is 0.248. The average Bonchev–Trinajstić information content (AvgIpc) is 4.06. The maximum Gasteiger partial charge on any atom is 0.0541 e. The number of fused-ring (bicyclic) bond motifs is 8. The maximum atomic E-state index is 2.54. The summed E-state index contributed by atoms with van der Waals surface area (Å²) in [5.41, 5.74) is 22.6. The van der Waals surface area contributed by atoms with Crippen molar-refractivity contribution in [2.75, 3.05) is 0 Å². The minimum Gasteiger partial charge on any atom is -0.309 e. The second kappa shape index (κ2) is 18.5. The normalized spacial score (nSPS) is 15.8. The van der Waals surface area contributed by atoms with Crippen LogP contribution in [0.15, 0.2) is 278 Å². The van der Waals surface area contributed by atoms with Gasteiger partial charge < -0.3 is 4.57 Å². The Balaban J connectivity index is 0.841. The molecule has 0 radical (unpaired) electrons. The number of rotatable bonds is 8. The van der Waals surface area contributed by atoms with Crippen molar-refractivity contribution in [3.8, 4) is 61.3 Å². The molecule has 11 aromatic carbocycles. The lowest BCUT2D eigenvalue weighted by Gasteiger charge is -2.20. The quantitative estimate of drug-likeness (QED) is 0.137. The van der Waals surface area contributed by atoms with Crippen molar-refractivity contribution in [3.63, 3.8) is 0 Å². The second-order valence-electron chi connectivity index (χ2n) is 20.5. The van der Waals surface area contributed by atoms with E-state index in [0.717, 1.165) is 18.5 Å². The molecule has 1 aliphatic heterocycles. The first-order valence-corrected chi connectivity index (χ1v) is 27.6. The third kappa shape index (κ3) is 7.55. The Morgan fingerprint density at radius 2 is 0.882 bits per heavy atom. The average molecular weight is 986 g/mol. The molecule has 2 unspecified atom stereocenters. The molecule has 12 aromatic rings. The SMILES string of the molecule is C1=CC(c2ccc(C3=CC4c5cc(-c6ccc(-c7ccccc7)cc6)cc(-c6ccc7c(c6)c6ccccc6n7-c6ccc(-c7c8ccccc8c(-c8ccccc8)c8ccccc78)cc6)c5SC4C=C3)cc2)=CCC1. The zero-order valence-corrected chi connectivity index (χ0v) is 42.7. The Morgan fingerprint density at radius 3 is 1.53 bits per heavy atom. The van der Waals surface area contributed by atoms with Crippen molar-refractivity contribution in [1.82, 2.24) is 4.57 Å². The van der Waals surface area contributed by atoms with Gasteiger partial charge in [0.05, 0.1) is 11.0 Å². The van der Waals surface area contributed by atoms with Gasteiger partial charge in [-0.1, -0.05) is 231 Å². The van der Waals surface area contributed by atoms with Crippen LogP contribution >= 0.6 is 11.8 Å². The molecule has 3 aliphatic rings. The van der Waals surface area contributed by atoms with Crippen molar-refractivity contribution in [1.29, 1.82) is 0 Å². The standard InChI is InChI=1S/C74H51NS/c1-4-16-48(17-5-1)50-28-32-52(33-29-50)56-39-43-71-67(44-56)68-47-58(53-34-30-51(31-35-53)49-18-6-2-7-19-49)46-65(74(68)76-71)57-38-42-70-66(45-57)60-22-14-15-27-69(60)75(70)59-40-36-55(37-41-59)73-63-25-12-10-23-61(63)72(54-20-8-3-9-21-54)62-24-11-13-26-64(62)73/h2-4,6-47,67,71H,1,5H2. The lowest BCUT2D eigenvalue weighted by molar-refractivity contribution is 0.885. The predicted octanol–water partition coefficient (Wildman–Crippen LogP) is 20.4. The highest BCUT2D eigenvalue weighted by atomic mass is 32.2. The molecular formula is C74H51NS. The summed E-state index contributed by atoms with van der Waals surface area (Å²) >= 11 is 2.02. The number of benzene rings is 11. The van der Waals surface area contributed by atoms with Crippen LogP contribution in [0.3, 0.4) is 0 Å². The van der Waals surface area contributed by atoms with Crippen LogP contribution in [0.4, 0.5) is 0 Å². The van der Waals surface area contributed by atoms with Crippen LogP contribution < -0.4 is 0 Å². The van der Waals surface area contributed by atoms with E-state index in [1.165, 1.54) is 132 Å². The van der Waals surface area contributed by atoms with Gasteiger partial charge in [-0.05, 0) is 160 Å². The van der Waals surface area contributed by atoms with Crippen LogP contribution in [0.1, 0.15) is 35.4 Å². The second-order valence-corrected chi connectivity index (χ2v) is 21.7. The van der Waals surface area contributed by atoms with Gasteiger partial charge in [0.25, 0.3) is 0 Å². The highest BCUT2D eigenvalue weighted by Gasteiger charge is 2.35. The summed E-state index contributed by atoms with van der Waals surface area (Å²) in [7, 11) is 0. The van der Waals surface area contributed by atoms with Crippen LogP contribution in [0.5, 0.6) is 0 Å². The van der Waals surface area contributed by atoms with Crippen LogP contribution in [0.25, 0.3) is 116 Å². The lowest BCUT2D eigenvalue weighted by Crippen LogP contribution is -2.09. The van der Waals surface area contributed by atoms with Crippen molar-refractivity contribution in [2.24, 2.45) is 0 Å². The van der Waals surface area contributed by atoms with Crippen LogP contribution in [0.2, 0.25) is 0 Å². The Kier molecular flexibility index (Phi) is 10.8. The molecule has 358 valence electrons. The van der Waals surface area contributed by atoms with E-state index in [4.69, 9.17) is 0 Å². The Morgan fingerprint density at radius 1 is 0.368 bits per heavy atom. The van der Waals surface area contributed by atoms with E-state index >= 15 is 0 Å². The zero-order chi connectivity index (χ0) is 50.1. The highest BCUT2D eigenvalue weighted by molar-refractivity contribution is 8.00. The first-order valence-electron chi connectivity index (χ1n) is 26.7. The van der Waals surface area contributed by atoms with E-state index in [-0.39, 0.29) is 5.92 Å². The number of hydrogen-bond acceptors (Lipinski definition) is 1. The maximum absolute atomic E-state index is 2.54. The van der Waals surface area contributed by atoms with Gasteiger partial charge in [-0.15, -0.1) is 11.8 Å². The Labute approximate surface area is 448 Å². The predicted molar refractivity (Wildman–Crippen MR) is 325 cm³/mol. The topological polar surface area (TPSA) is 4.93 Å². The van der Waals surface area contributed by atoms with Crippen LogP contribution in [-0.4, -0.2) is 9.82 Å². The molecule has 2 heterocycles. The van der Waals surface area contributed by atoms with Gasteiger partial charge in [-0.2, -0.15) is 0 Å². The summed E-state index contributed by atoms with van der Waals surface area (Å²) in [4.78, 5) is 1.38. The molecule has 2 aliphatic carbocycles. The summed E-state index contributed by atoms with van der Waals surface area (Å²) in [6.45, 7) is 0. The number of para-hydroxylation sites is 1. The van der Waals surface area contributed by atoms with Gasteiger partial charge in [0.1, 0.15) is 0 Å². The van der Waals surface area contributed by atoms with E-state index in [0.29, 0.717) is 5.25 Å². The summed E-state index contributed by atoms with van der Waals surface area (Å²) in [6, 6.07) is 88.1. The largest absolute Gasteiger partial charge is 0.309 e. The van der Waals surface area contributed by atoms with Gasteiger partial charge >= 0.3 is 0 Å². The molecule has 1 aromatic heterocycles. The smallest absolute Gasteiger partial charge is 0.0541 e. The van der Waals surface area contributed by atoms with E-state index in [1.807, 2.05) is 11.8 Å². The molecule has 0 amide bonds. The third-order valence-corrected chi connectivity index (χ3v) is 17.6. The number of thioether (sulfide) groups is 1. The lowest BCUT2D eigenvalue weighted by atomic mass is 9.84. The molecule has 15 rings (SSSR count). The molecule has 76 heavy (non-hydrogen) atoms. The van der Waals surface area contributed by atoms with Gasteiger partial charge in [0, 0.05) is 32.5 Å². The third-order valence-electron chi connectivity index (χ3n) is 16.2.